The lowest BCUT2D eigenvalue weighted by Crippen LogP contribution is -2.17. The number of nitrogens with one attached hydrogen (secondary N) is 1. The van der Waals surface area contributed by atoms with Crippen molar-refractivity contribution in [3.8, 4) is 11.1 Å². The number of rotatable bonds is 5. The third kappa shape index (κ3) is 4.16. The van der Waals surface area contributed by atoms with Crippen LogP contribution in [-0.4, -0.2) is 18.5 Å². The summed E-state index contributed by atoms with van der Waals surface area (Å²) < 4.78 is 4.75. The fourth-order valence-electron chi connectivity index (χ4n) is 1.97. The number of hydrogen-bond acceptors (Lipinski definition) is 4. The second-order valence-corrected chi connectivity index (χ2v) is 5.73. The molecule has 0 aliphatic rings. The van der Waals surface area contributed by atoms with Gasteiger partial charge in [0.1, 0.15) is 6.42 Å². The highest BCUT2D eigenvalue weighted by Gasteiger charge is 2.13. The van der Waals surface area contributed by atoms with Gasteiger partial charge < -0.3 is 10.1 Å². The Morgan fingerprint density at radius 1 is 1.24 bits per heavy atom. The molecule has 21 heavy (non-hydrogen) atoms. The number of hydrogen-bond donors (Lipinski definition) is 1. The second-order valence-electron chi connectivity index (χ2n) is 4.48. The number of ether oxygens (including phenoxy) is 1. The average Bonchev–Trinajstić information content (AvgIpc) is 2.80. The molecule has 1 N–H and O–H groups in total. The van der Waals surface area contributed by atoms with Gasteiger partial charge in [0, 0.05) is 4.88 Å². The summed E-state index contributed by atoms with van der Waals surface area (Å²) in [5, 5.41) is 3.48. The van der Waals surface area contributed by atoms with Gasteiger partial charge in [-0.25, -0.2) is 0 Å². The fourth-order valence-corrected chi connectivity index (χ4v) is 2.93. The molecule has 1 aromatic heterocycles. The van der Waals surface area contributed by atoms with Crippen LogP contribution in [0.3, 0.4) is 0 Å². The van der Waals surface area contributed by atoms with Gasteiger partial charge in [-0.1, -0.05) is 30.3 Å². The first-order valence-electron chi connectivity index (χ1n) is 6.71. The van der Waals surface area contributed by atoms with Crippen LogP contribution >= 0.6 is 11.3 Å². The van der Waals surface area contributed by atoms with E-state index in [1.54, 1.807) is 6.92 Å². The van der Waals surface area contributed by atoms with Gasteiger partial charge in [-0.05, 0) is 31.0 Å². The van der Waals surface area contributed by atoms with Crippen molar-refractivity contribution in [2.24, 2.45) is 0 Å². The van der Waals surface area contributed by atoms with Crippen LogP contribution in [0, 0.1) is 6.92 Å². The van der Waals surface area contributed by atoms with Gasteiger partial charge in [0.05, 0.1) is 11.6 Å². The normalized spacial score (nSPS) is 10.2. The van der Waals surface area contributed by atoms with E-state index in [4.69, 9.17) is 4.74 Å². The first kappa shape index (κ1) is 15.3. The zero-order valence-electron chi connectivity index (χ0n) is 12.0. The van der Waals surface area contributed by atoms with Crippen molar-refractivity contribution in [3.05, 3.63) is 41.3 Å². The summed E-state index contributed by atoms with van der Waals surface area (Å²) >= 11 is 1.49. The summed E-state index contributed by atoms with van der Waals surface area (Å²) in [7, 11) is 0. The fraction of sp³-hybridized carbons (Fsp3) is 0.250. The summed E-state index contributed by atoms with van der Waals surface area (Å²) in [4.78, 5) is 24.1. The first-order valence-corrected chi connectivity index (χ1v) is 7.53. The molecule has 2 aromatic rings. The Balaban J connectivity index is 2.06. The van der Waals surface area contributed by atoms with E-state index in [-0.39, 0.29) is 18.9 Å². The van der Waals surface area contributed by atoms with Crippen LogP contribution in [0.2, 0.25) is 0 Å². The summed E-state index contributed by atoms with van der Waals surface area (Å²) in [5.74, 6) is -0.860. The molecule has 1 heterocycles. The SMILES string of the molecule is CCOC(=O)CC(=O)Nc1cc(-c2ccccc2)c(C)s1. The van der Waals surface area contributed by atoms with Crippen LogP contribution < -0.4 is 5.32 Å². The molecule has 0 aliphatic carbocycles. The van der Waals surface area contributed by atoms with Gasteiger partial charge in [-0.15, -0.1) is 11.3 Å². The van der Waals surface area contributed by atoms with Crippen molar-refractivity contribution in [2.45, 2.75) is 20.3 Å². The van der Waals surface area contributed by atoms with E-state index in [1.807, 2.05) is 43.3 Å². The highest BCUT2D eigenvalue weighted by molar-refractivity contribution is 7.16. The summed E-state index contributed by atoms with van der Waals surface area (Å²) in [6, 6.07) is 11.9. The molecular formula is C16H17NO3S. The Kier molecular flexibility index (Phi) is 5.11. The van der Waals surface area contributed by atoms with Gasteiger partial charge in [-0.2, -0.15) is 0 Å². The molecule has 0 bridgehead atoms. The van der Waals surface area contributed by atoms with Gasteiger partial charge in [0.15, 0.2) is 0 Å². The quantitative estimate of drug-likeness (QED) is 0.678. The van der Waals surface area contributed by atoms with Crippen molar-refractivity contribution >= 4 is 28.2 Å². The molecule has 0 saturated heterocycles. The third-order valence-corrected chi connectivity index (χ3v) is 3.84. The lowest BCUT2D eigenvalue weighted by atomic mass is 10.1. The number of carbonyl (C=O) groups excluding carboxylic acids is 2. The number of thiophene rings is 1. The topological polar surface area (TPSA) is 55.4 Å². The Hall–Kier alpha value is -2.14. The van der Waals surface area contributed by atoms with E-state index in [9.17, 15) is 9.59 Å². The molecule has 0 aliphatic heterocycles. The van der Waals surface area contributed by atoms with Crippen LogP contribution in [0.15, 0.2) is 36.4 Å². The van der Waals surface area contributed by atoms with Crippen molar-refractivity contribution < 1.29 is 14.3 Å². The molecule has 0 radical (unpaired) electrons. The maximum atomic E-state index is 11.7. The summed E-state index contributed by atoms with van der Waals surface area (Å²) in [6.07, 6.45) is -0.258. The molecule has 110 valence electrons. The van der Waals surface area contributed by atoms with Crippen molar-refractivity contribution in [1.82, 2.24) is 0 Å². The van der Waals surface area contributed by atoms with E-state index in [0.717, 1.165) is 21.0 Å². The standard InChI is InChI=1S/C16H17NO3S/c1-3-20-16(19)10-14(18)17-15-9-13(11(2)21-15)12-7-5-4-6-8-12/h4-9H,3,10H2,1-2H3,(H,17,18). The van der Waals surface area contributed by atoms with E-state index in [2.05, 4.69) is 5.32 Å². The minimum Gasteiger partial charge on any atom is -0.466 e. The highest BCUT2D eigenvalue weighted by atomic mass is 32.1. The van der Waals surface area contributed by atoms with Gasteiger partial charge in [0.25, 0.3) is 0 Å². The molecule has 0 atom stereocenters. The third-order valence-electron chi connectivity index (χ3n) is 2.88. The zero-order valence-corrected chi connectivity index (χ0v) is 12.8. The van der Waals surface area contributed by atoms with E-state index in [0.29, 0.717) is 0 Å². The van der Waals surface area contributed by atoms with Crippen LogP contribution in [0.25, 0.3) is 11.1 Å². The predicted octanol–water partition coefficient (Wildman–Crippen LogP) is 3.62. The molecule has 4 nitrogen and oxygen atoms in total. The molecular weight excluding hydrogens is 286 g/mol. The predicted molar refractivity (Wildman–Crippen MR) is 84.4 cm³/mol. The number of esters is 1. The average molecular weight is 303 g/mol. The maximum absolute atomic E-state index is 11.7. The van der Waals surface area contributed by atoms with E-state index >= 15 is 0 Å². The molecule has 1 aromatic carbocycles. The van der Waals surface area contributed by atoms with Crippen molar-refractivity contribution in [1.29, 1.82) is 0 Å². The first-order chi connectivity index (χ1) is 10.1. The molecule has 0 unspecified atom stereocenters. The smallest absolute Gasteiger partial charge is 0.315 e. The van der Waals surface area contributed by atoms with Gasteiger partial charge >= 0.3 is 5.97 Å². The maximum Gasteiger partial charge on any atom is 0.315 e. The number of aryl methyl sites for hydroxylation is 1. The Labute approximate surface area is 127 Å². The molecule has 2 rings (SSSR count). The molecule has 5 heteroatoms. The minimum atomic E-state index is -0.508. The summed E-state index contributed by atoms with van der Waals surface area (Å²) in [5.41, 5.74) is 2.20. The lowest BCUT2D eigenvalue weighted by Gasteiger charge is -2.02. The van der Waals surface area contributed by atoms with E-state index in [1.165, 1.54) is 11.3 Å². The van der Waals surface area contributed by atoms with Gasteiger partial charge in [0.2, 0.25) is 5.91 Å². The van der Waals surface area contributed by atoms with Crippen LogP contribution in [-0.2, 0) is 14.3 Å². The Morgan fingerprint density at radius 2 is 1.95 bits per heavy atom. The van der Waals surface area contributed by atoms with Crippen LogP contribution in [0.5, 0.6) is 0 Å². The Bertz CT molecular complexity index is 634. The Morgan fingerprint density at radius 3 is 2.62 bits per heavy atom. The van der Waals surface area contributed by atoms with Crippen molar-refractivity contribution in [3.63, 3.8) is 0 Å². The minimum absolute atomic E-state index is 0.258. The second kappa shape index (κ2) is 7.04. The number of anilines is 1. The van der Waals surface area contributed by atoms with Crippen LogP contribution in [0.4, 0.5) is 5.00 Å². The molecule has 0 fully saturated rings. The molecule has 0 spiro atoms. The lowest BCUT2D eigenvalue weighted by molar-refractivity contribution is -0.145. The number of benzene rings is 1. The summed E-state index contributed by atoms with van der Waals surface area (Å²) in [6.45, 7) is 4.00. The number of carbonyl (C=O) groups is 2. The molecule has 0 saturated carbocycles. The monoisotopic (exact) mass is 303 g/mol. The molecule has 1 amide bonds. The largest absolute Gasteiger partial charge is 0.466 e. The van der Waals surface area contributed by atoms with E-state index < -0.39 is 5.97 Å². The van der Waals surface area contributed by atoms with Gasteiger partial charge in [-0.3, -0.25) is 9.59 Å². The van der Waals surface area contributed by atoms with Crippen molar-refractivity contribution in [2.75, 3.05) is 11.9 Å². The zero-order chi connectivity index (χ0) is 15.2. The van der Waals surface area contributed by atoms with Crippen LogP contribution in [0.1, 0.15) is 18.2 Å². The number of amides is 1. The highest BCUT2D eigenvalue weighted by Crippen LogP contribution is 2.34.